The van der Waals surface area contributed by atoms with E-state index in [0.29, 0.717) is 24.7 Å². The molecule has 0 radical (unpaired) electrons. The molecule has 1 heterocycles. The van der Waals surface area contributed by atoms with Crippen LogP contribution in [0.3, 0.4) is 0 Å². The van der Waals surface area contributed by atoms with Gasteiger partial charge in [-0.1, -0.05) is 12.2 Å². The number of ether oxygens (including phenoxy) is 1. The zero-order valence-electron chi connectivity index (χ0n) is 7.77. The third kappa shape index (κ3) is 3.56. The van der Waals surface area contributed by atoms with Crippen molar-refractivity contribution in [1.82, 2.24) is 4.90 Å². The summed E-state index contributed by atoms with van der Waals surface area (Å²) in [7, 11) is 0. The van der Waals surface area contributed by atoms with Gasteiger partial charge in [0, 0.05) is 19.6 Å². The summed E-state index contributed by atoms with van der Waals surface area (Å²) < 4.78 is 5.36. The number of morpholine rings is 1. The molecule has 0 aromatic rings. The molecule has 1 fully saturated rings. The fraction of sp³-hybridized carbons (Fsp3) is 0.875. The highest BCUT2D eigenvalue weighted by Gasteiger charge is 2.22. The third-order valence-electron chi connectivity index (χ3n) is 1.99. The van der Waals surface area contributed by atoms with E-state index < -0.39 is 0 Å². The second kappa shape index (κ2) is 4.85. The van der Waals surface area contributed by atoms with E-state index in [9.17, 15) is 5.11 Å². The van der Waals surface area contributed by atoms with Crippen LogP contribution in [0.25, 0.3) is 0 Å². The van der Waals surface area contributed by atoms with Crippen LogP contribution in [0.1, 0.15) is 6.92 Å². The molecule has 0 aromatic heterocycles. The molecule has 4 nitrogen and oxygen atoms in total. The Bertz CT molecular complexity index is 187. The van der Waals surface area contributed by atoms with Crippen LogP contribution in [0.4, 0.5) is 0 Å². The summed E-state index contributed by atoms with van der Waals surface area (Å²) in [5.41, 5.74) is 5.48. The summed E-state index contributed by atoms with van der Waals surface area (Å²) in [6.45, 7) is 4.59. The predicted octanol–water partition coefficient (Wildman–Crippen LogP) is -0.646. The first kappa shape index (κ1) is 10.8. The molecule has 3 N–H and O–H groups in total. The van der Waals surface area contributed by atoms with Gasteiger partial charge in [-0.15, -0.1) is 0 Å². The maximum atomic E-state index is 9.18. The normalized spacial score (nSPS) is 27.1. The van der Waals surface area contributed by atoms with Gasteiger partial charge in [0.1, 0.15) is 11.1 Å². The Morgan fingerprint density at radius 1 is 1.85 bits per heavy atom. The number of hydrogen-bond donors (Lipinski definition) is 2. The van der Waals surface area contributed by atoms with E-state index in [-0.39, 0.29) is 12.2 Å². The average Bonchev–Trinajstić information content (AvgIpc) is 2.03. The number of aliphatic hydroxyl groups is 1. The van der Waals surface area contributed by atoms with Gasteiger partial charge in [0.15, 0.2) is 0 Å². The number of β-amino-alcohol motifs (C(OH)–C–C–N with tert-alkyl or cyclic N) is 1. The lowest BCUT2D eigenvalue weighted by Gasteiger charge is -2.32. The van der Waals surface area contributed by atoms with E-state index >= 15 is 0 Å². The molecule has 0 aliphatic carbocycles. The van der Waals surface area contributed by atoms with E-state index in [2.05, 4.69) is 4.90 Å². The molecule has 0 aromatic carbocycles. The molecule has 0 amide bonds. The quantitative estimate of drug-likeness (QED) is 0.599. The minimum Gasteiger partial charge on any atom is -0.392 e. The van der Waals surface area contributed by atoms with Crippen molar-refractivity contribution in [2.45, 2.75) is 19.1 Å². The third-order valence-corrected chi connectivity index (χ3v) is 2.25. The Balaban J connectivity index is 2.37. The van der Waals surface area contributed by atoms with Gasteiger partial charge >= 0.3 is 0 Å². The summed E-state index contributed by atoms with van der Waals surface area (Å²) in [6, 6.07) is 0. The highest BCUT2D eigenvalue weighted by Crippen LogP contribution is 2.05. The van der Waals surface area contributed by atoms with Gasteiger partial charge in [-0.05, 0) is 6.92 Å². The smallest absolute Gasteiger partial charge is 0.120 e. The molecular weight excluding hydrogens is 188 g/mol. The van der Waals surface area contributed by atoms with Gasteiger partial charge in [-0.3, -0.25) is 4.90 Å². The standard InChI is InChI=1S/C8H16N2O2S/c1-6(11)4-10-2-3-12-7(5-10)8(9)13/h6-7,11H,2-5H2,1H3,(H2,9,13). The first-order valence-electron chi connectivity index (χ1n) is 4.41. The van der Waals surface area contributed by atoms with Crippen molar-refractivity contribution in [3.63, 3.8) is 0 Å². The number of nitrogens with zero attached hydrogens (tertiary/aromatic N) is 1. The van der Waals surface area contributed by atoms with Crippen LogP contribution in [0.2, 0.25) is 0 Å². The molecule has 1 aliphatic heterocycles. The maximum absolute atomic E-state index is 9.18. The summed E-state index contributed by atoms with van der Waals surface area (Å²) in [5, 5.41) is 9.18. The fourth-order valence-electron chi connectivity index (χ4n) is 1.41. The first-order chi connectivity index (χ1) is 6.09. The van der Waals surface area contributed by atoms with E-state index in [1.54, 1.807) is 6.92 Å². The van der Waals surface area contributed by atoms with Gasteiger partial charge in [0.05, 0.1) is 12.7 Å². The number of aliphatic hydroxyl groups excluding tert-OH is 1. The van der Waals surface area contributed by atoms with Crippen molar-refractivity contribution in [2.24, 2.45) is 5.73 Å². The summed E-state index contributed by atoms with van der Waals surface area (Å²) in [6.07, 6.45) is -0.465. The van der Waals surface area contributed by atoms with Crippen molar-refractivity contribution >= 4 is 17.2 Å². The zero-order valence-corrected chi connectivity index (χ0v) is 8.59. The SMILES string of the molecule is CC(O)CN1CCOC(C(N)=S)C1. The zero-order chi connectivity index (χ0) is 9.84. The number of nitrogens with two attached hydrogens (primary N) is 1. The lowest BCUT2D eigenvalue weighted by molar-refractivity contribution is -0.00751. The highest BCUT2D eigenvalue weighted by molar-refractivity contribution is 7.80. The van der Waals surface area contributed by atoms with E-state index in [4.69, 9.17) is 22.7 Å². The molecule has 2 atom stereocenters. The Labute approximate surface area is 83.7 Å². The van der Waals surface area contributed by atoms with E-state index in [1.807, 2.05) is 0 Å². The van der Waals surface area contributed by atoms with Gasteiger partial charge in [0.25, 0.3) is 0 Å². The molecule has 13 heavy (non-hydrogen) atoms. The molecule has 0 saturated carbocycles. The van der Waals surface area contributed by atoms with Crippen LogP contribution in [0, 0.1) is 0 Å². The molecule has 0 spiro atoms. The molecule has 1 rings (SSSR count). The number of thiocarbonyl (C=S) groups is 1. The Kier molecular flexibility index (Phi) is 4.05. The second-order valence-corrected chi connectivity index (χ2v) is 3.84. The van der Waals surface area contributed by atoms with Crippen LogP contribution in [0.5, 0.6) is 0 Å². The van der Waals surface area contributed by atoms with Crippen molar-refractivity contribution in [1.29, 1.82) is 0 Å². The molecule has 1 saturated heterocycles. The topological polar surface area (TPSA) is 58.7 Å². The van der Waals surface area contributed by atoms with Gasteiger partial charge in [-0.25, -0.2) is 0 Å². The van der Waals surface area contributed by atoms with E-state index in [0.717, 1.165) is 6.54 Å². The molecule has 2 unspecified atom stereocenters. The minimum absolute atomic E-state index is 0.150. The molecule has 1 aliphatic rings. The van der Waals surface area contributed by atoms with Crippen molar-refractivity contribution in [3.05, 3.63) is 0 Å². The maximum Gasteiger partial charge on any atom is 0.120 e. The highest BCUT2D eigenvalue weighted by atomic mass is 32.1. The fourth-order valence-corrected chi connectivity index (χ4v) is 1.56. The summed E-state index contributed by atoms with van der Waals surface area (Å²) in [5.74, 6) is 0. The number of rotatable bonds is 3. The van der Waals surface area contributed by atoms with Crippen LogP contribution < -0.4 is 5.73 Å². The number of hydrogen-bond acceptors (Lipinski definition) is 4. The largest absolute Gasteiger partial charge is 0.392 e. The van der Waals surface area contributed by atoms with Crippen molar-refractivity contribution in [3.8, 4) is 0 Å². The van der Waals surface area contributed by atoms with Crippen LogP contribution >= 0.6 is 12.2 Å². The Hall–Kier alpha value is -0.230. The molecule has 0 bridgehead atoms. The first-order valence-corrected chi connectivity index (χ1v) is 4.81. The average molecular weight is 204 g/mol. The van der Waals surface area contributed by atoms with Crippen molar-refractivity contribution in [2.75, 3.05) is 26.2 Å². The van der Waals surface area contributed by atoms with Gasteiger partial charge in [0.2, 0.25) is 0 Å². The van der Waals surface area contributed by atoms with Crippen LogP contribution in [0.15, 0.2) is 0 Å². The summed E-state index contributed by atoms with van der Waals surface area (Å²) in [4.78, 5) is 2.51. The minimum atomic E-state index is -0.315. The Morgan fingerprint density at radius 2 is 2.54 bits per heavy atom. The molecular formula is C8H16N2O2S. The van der Waals surface area contributed by atoms with E-state index in [1.165, 1.54) is 0 Å². The molecule has 76 valence electrons. The summed E-state index contributed by atoms with van der Waals surface area (Å²) >= 11 is 4.85. The predicted molar refractivity (Wildman–Crippen MR) is 54.6 cm³/mol. The van der Waals surface area contributed by atoms with Gasteiger partial charge < -0.3 is 15.6 Å². The van der Waals surface area contributed by atoms with Crippen molar-refractivity contribution < 1.29 is 9.84 Å². The van der Waals surface area contributed by atoms with Crippen LogP contribution in [-0.2, 0) is 4.74 Å². The second-order valence-electron chi connectivity index (χ2n) is 3.37. The monoisotopic (exact) mass is 204 g/mol. The molecule has 5 heteroatoms. The van der Waals surface area contributed by atoms with Gasteiger partial charge in [-0.2, -0.15) is 0 Å². The lowest BCUT2D eigenvalue weighted by Crippen LogP contribution is -2.49. The van der Waals surface area contributed by atoms with Crippen LogP contribution in [-0.4, -0.2) is 53.4 Å². The Morgan fingerprint density at radius 3 is 3.08 bits per heavy atom. The lowest BCUT2D eigenvalue weighted by atomic mass is 10.2.